The number of pyridine rings is 1. The van der Waals surface area contributed by atoms with Crippen LogP contribution in [0.25, 0.3) is 0 Å². The second kappa shape index (κ2) is 5.61. The van der Waals surface area contributed by atoms with Crippen molar-refractivity contribution in [2.75, 3.05) is 5.32 Å². The Hall–Kier alpha value is -1.27. The average Bonchev–Trinajstić information content (AvgIpc) is 2.36. The molecule has 0 aliphatic carbocycles. The second-order valence-corrected chi connectivity index (χ2v) is 5.32. The van der Waals surface area contributed by atoms with E-state index in [1.165, 1.54) is 6.07 Å². The number of hydrogen-bond acceptors (Lipinski definition) is 2. The van der Waals surface area contributed by atoms with Gasteiger partial charge in [-0.2, -0.15) is 13.2 Å². The van der Waals surface area contributed by atoms with Crippen molar-refractivity contribution in [3.05, 3.63) is 51.1 Å². The van der Waals surface area contributed by atoms with E-state index in [9.17, 15) is 13.2 Å². The van der Waals surface area contributed by atoms with Gasteiger partial charge in [0.1, 0.15) is 11.5 Å². The van der Waals surface area contributed by atoms with Crippen LogP contribution in [0.5, 0.6) is 0 Å². The normalized spacial score (nSPS) is 11.5. The van der Waals surface area contributed by atoms with Crippen LogP contribution in [0.2, 0.25) is 5.02 Å². The smallest absolute Gasteiger partial charge is 0.338 e. The minimum atomic E-state index is -4.49. The number of hydrogen-bond donors (Lipinski definition) is 1. The molecule has 0 saturated carbocycles. The van der Waals surface area contributed by atoms with Crippen LogP contribution < -0.4 is 5.32 Å². The zero-order valence-corrected chi connectivity index (χ0v) is 12.6. The van der Waals surface area contributed by atoms with Crippen molar-refractivity contribution < 1.29 is 13.2 Å². The zero-order chi connectivity index (χ0) is 14.9. The minimum Gasteiger partial charge on any atom is -0.338 e. The van der Waals surface area contributed by atoms with Crippen LogP contribution in [0, 0.1) is 6.92 Å². The lowest BCUT2D eigenvalue weighted by Gasteiger charge is -2.13. The van der Waals surface area contributed by atoms with Crippen LogP contribution in [-0.2, 0) is 6.18 Å². The largest absolute Gasteiger partial charge is 0.433 e. The molecule has 0 saturated heterocycles. The van der Waals surface area contributed by atoms with E-state index in [-0.39, 0.29) is 5.82 Å². The van der Waals surface area contributed by atoms with Gasteiger partial charge < -0.3 is 5.32 Å². The summed E-state index contributed by atoms with van der Waals surface area (Å²) < 4.78 is 38.4. The van der Waals surface area contributed by atoms with E-state index in [0.29, 0.717) is 15.2 Å². The maximum atomic E-state index is 12.7. The van der Waals surface area contributed by atoms with Crippen molar-refractivity contribution in [1.82, 2.24) is 4.98 Å². The fraction of sp³-hybridized carbons (Fsp3) is 0.154. The molecule has 1 N–H and O–H groups in total. The van der Waals surface area contributed by atoms with E-state index >= 15 is 0 Å². The quantitative estimate of drug-likeness (QED) is 0.753. The SMILES string of the molecule is Cc1cccc(Nc2nc(C(F)(F)F)ccc2Br)c1Cl. The summed E-state index contributed by atoms with van der Waals surface area (Å²) in [5, 5.41) is 3.25. The molecule has 1 aromatic heterocycles. The van der Waals surface area contributed by atoms with Crippen molar-refractivity contribution in [3.8, 4) is 0 Å². The Morgan fingerprint density at radius 2 is 1.90 bits per heavy atom. The lowest BCUT2D eigenvalue weighted by molar-refractivity contribution is -0.141. The molecule has 20 heavy (non-hydrogen) atoms. The lowest BCUT2D eigenvalue weighted by atomic mass is 10.2. The molecule has 1 aromatic carbocycles. The number of benzene rings is 1. The van der Waals surface area contributed by atoms with Gasteiger partial charge in [-0.3, -0.25) is 0 Å². The maximum absolute atomic E-state index is 12.7. The molecular weight excluding hydrogens is 357 g/mol. The molecule has 106 valence electrons. The molecule has 0 bridgehead atoms. The van der Waals surface area contributed by atoms with Crippen molar-refractivity contribution in [3.63, 3.8) is 0 Å². The standard InChI is InChI=1S/C13H9BrClF3N2/c1-7-3-2-4-9(11(7)15)19-12-8(14)5-6-10(20-12)13(16,17)18/h2-6H,1H3,(H,19,20). The summed E-state index contributed by atoms with van der Waals surface area (Å²) in [6, 6.07) is 7.44. The molecule has 0 spiro atoms. The molecule has 2 aromatic rings. The predicted octanol–water partition coefficient (Wildman–Crippen LogP) is 5.57. The van der Waals surface area contributed by atoms with E-state index in [2.05, 4.69) is 26.2 Å². The third kappa shape index (κ3) is 3.24. The summed E-state index contributed by atoms with van der Waals surface area (Å²) in [5.74, 6) is 0.0623. The van der Waals surface area contributed by atoms with E-state index in [4.69, 9.17) is 11.6 Å². The second-order valence-electron chi connectivity index (χ2n) is 4.09. The van der Waals surface area contributed by atoms with Crippen LogP contribution >= 0.6 is 27.5 Å². The number of nitrogens with one attached hydrogen (secondary N) is 1. The van der Waals surface area contributed by atoms with Crippen LogP contribution in [0.1, 0.15) is 11.3 Å². The summed E-state index contributed by atoms with van der Waals surface area (Å²) in [6.07, 6.45) is -4.49. The molecule has 0 amide bonds. The van der Waals surface area contributed by atoms with Gasteiger partial charge in [0, 0.05) is 0 Å². The Labute approximate surface area is 127 Å². The van der Waals surface area contributed by atoms with E-state index in [1.807, 2.05) is 13.0 Å². The molecule has 2 rings (SSSR count). The molecule has 0 aliphatic rings. The van der Waals surface area contributed by atoms with Gasteiger partial charge >= 0.3 is 6.18 Å². The molecule has 7 heteroatoms. The van der Waals surface area contributed by atoms with Gasteiger partial charge in [0.15, 0.2) is 0 Å². The summed E-state index contributed by atoms with van der Waals surface area (Å²) >= 11 is 9.26. The Morgan fingerprint density at radius 3 is 2.55 bits per heavy atom. The molecular formula is C13H9BrClF3N2. The van der Waals surface area contributed by atoms with Crippen molar-refractivity contribution >= 4 is 39.0 Å². The third-order valence-corrected chi connectivity index (χ3v) is 3.72. The number of alkyl halides is 3. The number of rotatable bonds is 2. The number of nitrogens with zero attached hydrogens (tertiary/aromatic N) is 1. The minimum absolute atomic E-state index is 0.0623. The van der Waals surface area contributed by atoms with Crippen molar-refractivity contribution in [1.29, 1.82) is 0 Å². The molecule has 0 aliphatic heterocycles. The van der Waals surface area contributed by atoms with Crippen LogP contribution in [0.4, 0.5) is 24.7 Å². The molecule has 0 radical (unpaired) electrons. The maximum Gasteiger partial charge on any atom is 0.433 e. The lowest BCUT2D eigenvalue weighted by Crippen LogP contribution is -2.09. The fourth-order valence-electron chi connectivity index (χ4n) is 1.56. The summed E-state index contributed by atoms with van der Waals surface area (Å²) in [7, 11) is 0. The molecule has 1 heterocycles. The first kappa shape index (κ1) is 15.1. The topological polar surface area (TPSA) is 24.9 Å². The van der Waals surface area contributed by atoms with E-state index in [1.54, 1.807) is 12.1 Å². The Morgan fingerprint density at radius 1 is 1.20 bits per heavy atom. The number of anilines is 2. The summed E-state index contributed by atoms with van der Waals surface area (Å²) in [5.41, 5.74) is 0.353. The monoisotopic (exact) mass is 364 g/mol. The first-order chi connectivity index (χ1) is 9.29. The van der Waals surface area contributed by atoms with Gasteiger partial charge in [-0.1, -0.05) is 23.7 Å². The van der Waals surface area contributed by atoms with E-state index in [0.717, 1.165) is 11.6 Å². The Kier molecular flexibility index (Phi) is 4.25. The van der Waals surface area contributed by atoms with Crippen molar-refractivity contribution in [2.45, 2.75) is 13.1 Å². The van der Waals surface area contributed by atoms with Gasteiger partial charge in [0.2, 0.25) is 0 Å². The zero-order valence-electron chi connectivity index (χ0n) is 10.2. The van der Waals surface area contributed by atoms with Gasteiger partial charge in [0.05, 0.1) is 15.2 Å². The van der Waals surface area contributed by atoms with Gasteiger partial charge in [-0.25, -0.2) is 4.98 Å². The van der Waals surface area contributed by atoms with Gasteiger partial charge in [0.25, 0.3) is 0 Å². The molecule has 2 nitrogen and oxygen atoms in total. The fourth-order valence-corrected chi connectivity index (χ4v) is 2.05. The summed E-state index contributed by atoms with van der Waals surface area (Å²) in [6.45, 7) is 1.81. The Bertz CT molecular complexity index is 644. The first-order valence-electron chi connectivity index (χ1n) is 5.55. The highest BCUT2D eigenvalue weighted by Gasteiger charge is 2.33. The molecule has 0 unspecified atom stereocenters. The predicted molar refractivity (Wildman–Crippen MR) is 76.4 cm³/mol. The van der Waals surface area contributed by atoms with Crippen LogP contribution in [0.15, 0.2) is 34.8 Å². The summed E-state index contributed by atoms with van der Waals surface area (Å²) in [4.78, 5) is 3.57. The first-order valence-corrected chi connectivity index (χ1v) is 6.72. The number of aromatic nitrogens is 1. The highest BCUT2D eigenvalue weighted by molar-refractivity contribution is 9.10. The molecule has 0 fully saturated rings. The number of aryl methyl sites for hydroxylation is 1. The van der Waals surface area contributed by atoms with E-state index < -0.39 is 11.9 Å². The molecule has 0 atom stereocenters. The highest BCUT2D eigenvalue weighted by Crippen LogP contribution is 2.34. The number of halogens is 5. The van der Waals surface area contributed by atoms with Gasteiger partial charge in [-0.15, -0.1) is 0 Å². The third-order valence-electron chi connectivity index (χ3n) is 2.58. The van der Waals surface area contributed by atoms with Crippen LogP contribution in [0.3, 0.4) is 0 Å². The highest BCUT2D eigenvalue weighted by atomic mass is 79.9. The average molecular weight is 366 g/mol. The van der Waals surface area contributed by atoms with Gasteiger partial charge in [-0.05, 0) is 46.6 Å². The van der Waals surface area contributed by atoms with Crippen molar-refractivity contribution in [2.24, 2.45) is 0 Å². The van der Waals surface area contributed by atoms with Crippen LogP contribution in [-0.4, -0.2) is 4.98 Å². The Balaban J connectivity index is 2.41.